The van der Waals surface area contributed by atoms with E-state index >= 15 is 0 Å². The number of hydrogen-bond acceptors (Lipinski definition) is 2. The Bertz CT molecular complexity index is 517. The van der Waals surface area contributed by atoms with E-state index in [9.17, 15) is 4.79 Å². The van der Waals surface area contributed by atoms with E-state index in [2.05, 4.69) is 16.8 Å². The maximum atomic E-state index is 12.0. The lowest BCUT2D eigenvalue weighted by Crippen LogP contribution is -2.09. The van der Waals surface area contributed by atoms with E-state index in [1.807, 2.05) is 6.20 Å². The molecule has 3 nitrogen and oxygen atoms in total. The summed E-state index contributed by atoms with van der Waals surface area (Å²) < 4.78 is 2.15. The van der Waals surface area contributed by atoms with Gasteiger partial charge in [-0.15, -0.1) is 0 Å². The summed E-state index contributed by atoms with van der Waals surface area (Å²) in [4.78, 5) is 12.0. The van der Waals surface area contributed by atoms with Crippen molar-refractivity contribution in [1.82, 2.24) is 4.57 Å². The molecule has 3 rings (SSSR count). The van der Waals surface area contributed by atoms with Crippen LogP contribution in [0.4, 0.5) is 0 Å². The van der Waals surface area contributed by atoms with E-state index in [-0.39, 0.29) is 5.41 Å². The van der Waals surface area contributed by atoms with Crippen molar-refractivity contribution in [3.05, 3.63) is 23.5 Å². The number of Topliss-reactive ketones (excluding diaryl/α,β-unsaturated/α-hetero) is 1. The van der Waals surface area contributed by atoms with Crippen molar-refractivity contribution < 1.29 is 4.79 Å². The highest BCUT2D eigenvalue weighted by atomic mass is 16.1. The first kappa shape index (κ1) is 11.5. The van der Waals surface area contributed by atoms with Gasteiger partial charge in [-0.3, -0.25) is 4.79 Å². The van der Waals surface area contributed by atoms with Gasteiger partial charge in [0, 0.05) is 42.8 Å². The molecule has 18 heavy (non-hydrogen) atoms. The number of rotatable bonds is 3. The SMILES string of the molecule is N#CCC1(Cn2cc3c(c2)C(=O)CCCC3)CC1. The second-order valence-corrected chi connectivity index (χ2v) is 5.83. The molecule has 1 aromatic rings. The fourth-order valence-corrected chi connectivity index (χ4v) is 2.96. The van der Waals surface area contributed by atoms with Crippen molar-refractivity contribution in [3.63, 3.8) is 0 Å². The fourth-order valence-electron chi connectivity index (χ4n) is 2.96. The number of fused-ring (bicyclic) bond motifs is 1. The Morgan fingerprint density at radius 1 is 1.28 bits per heavy atom. The maximum absolute atomic E-state index is 12.0. The highest BCUT2D eigenvalue weighted by molar-refractivity contribution is 5.97. The lowest BCUT2D eigenvalue weighted by molar-refractivity contribution is 0.0982. The topological polar surface area (TPSA) is 45.8 Å². The van der Waals surface area contributed by atoms with Crippen molar-refractivity contribution in [3.8, 4) is 6.07 Å². The summed E-state index contributed by atoms with van der Waals surface area (Å²) in [6.45, 7) is 0.904. The molecule has 0 aromatic carbocycles. The lowest BCUT2D eigenvalue weighted by atomic mass is 10.0. The average Bonchev–Trinajstić information content (AvgIpc) is 3.01. The second kappa shape index (κ2) is 4.28. The van der Waals surface area contributed by atoms with E-state index in [4.69, 9.17) is 5.26 Å². The zero-order valence-corrected chi connectivity index (χ0v) is 10.6. The molecule has 3 heteroatoms. The summed E-state index contributed by atoms with van der Waals surface area (Å²) in [6.07, 6.45) is 11.0. The monoisotopic (exact) mass is 242 g/mol. The third-order valence-corrected chi connectivity index (χ3v) is 4.29. The summed E-state index contributed by atoms with van der Waals surface area (Å²) in [7, 11) is 0. The van der Waals surface area contributed by atoms with E-state index < -0.39 is 0 Å². The number of hydrogen-bond donors (Lipinski definition) is 0. The largest absolute Gasteiger partial charge is 0.353 e. The van der Waals surface area contributed by atoms with E-state index in [1.54, 1.807) is 0 Å². The van der Waals surface area contributed by atoms with Crippen LogP contribution >= 0.6 is 0 Å². The number of aromatic nitrogens is 1. The molecular weight excluding hydrogens is 224 g/mol. The zero-order valence-electron chi connectivity index (χ0n) is 10.6. The van der Waals surface area contributed by atoms with Gasteiger partial charge in [0.2, 0.25) is 0 Å². The number of carbonyl (C=O) groups excluding carboxylic acids is 1. The van der Waals surface area contributed by atoms with Gasteiger partial charge in [0.05, 0.1) is 6.07 Å². The van der Waals surface area contributed by atoms with Gasteiger partial charge in [-0.25, -0.2) is 0 Å². The normalized spacial score (nSPS) is 20.9. The minimum atomic E-state index is 0.204. The summed E-state index contributed by atoms with van der Waals surface area (Å²) in [5.41, 5.74) is 2.35. The maximum Gasteiger partial charge on any atom is 0.164 e. The Morgan fingerprint density at radius 3 is 2.78 bits per heavy atom. The smallest absolute Gasteiger partial charge is 0.164 e. The van der Waals surface area contributed by atoms with Crippen LogP contribution in [0.5, 0.6) is 0 Å². The predicted molar refractivity (Wildman–Crippen MR) is 68.2 cm³/mol. The fraction of sp³-hybridized carbons (Fsp3) is 0.600. The molecule has 0 N–H and O–H groups in total. The summed E-state index contributed by atoms with van der Waals surface area (Å²) in [5, 5.41) is 8.85. The Hall–Kier alpha value is -1.56. The summed E-state index contributed by atoms with van der Waals surface area (Å²) in [5.74, 6) is 0.298. The molecule has 0 radical (unpaired) electrons. The molecule has 94 valence electrons. The Labute approximate surface area is 107 Å². The molecule has 0 spiro atoms. The van der Waals surface area contributed by atoms with Crippen LogP contribution in [0.2, 0.25) is 0 Å². The van der Waals surface area contributed by atoms with E-state index in [0.29, 0.717) is 18.6 Å². The highest BCUT2D eigenvalue weighted by Gasteiger charge is 2.42. The zero-order chi connectivity index (χ0) is 12.6. The van der Waals surface area contributed by atoms with Gasteiger partial charge in [-0.05, 0) is 37.7 Å². The standard InChI is InChI=1S/C15H18N2O/c16-8-7-15(5-6-15)11-17-9-12-3-1-2-4-14(18)13(12)10-17/h9-10H,1-7,11H2. The molecule has 2 aliphatic rings. The van der Waals surface area contributed by atoms with Gasteiger partial charge in [-0.1, -0.05) is 0 Å². The molecule has 2 aliphatic carbocycles. The summed E-state index contributed by atoms with van der Waals surface area (Å²) >= 11 is 0. The number of nitriles is 1. The lowest BCUT2D eigenvalue weighted by Gasteiger charge is -2.11. The Kier molecular flexibility index (Phi) is 2.74. The molecule has 0 atom stereocenters. The second-order valence-electron chi connectivity index (χ2n) is 5.83. The molecule has 1 aromatic heterocycles. The molecular formula is C15H18N2O. The molecule has 1 fully saturated rings. The first-order valence-corrected chi connectivity index (χ1v) is 6.81. The first-order chi connectivity index (χ1) is 8.72. The molecule has 0 unspecified atom stereocenters. The quantitative estimate of drug-likeness (QED) is 0.764. The van der Waals surface area contributed by atoms with Crippen molar-refractivity contribution in [2.24, 2.45) is 5.41 Å². The van der Waals surface area contributed by atoms with Gasteiger partial charge >= 0.3 is 0 Å². The van der Waals surface area contributed by atoms with Crippen LogP contribution in [0.1, 0.15) is 54.4 Å². The molecule has 0 saturated heterocycles. The average molecular weight is 242 g/mol. The highest BCUT2D eigenvalue weighted by Crippen LogP contribution is 2.50. The third-order valence-electron chi connectivity index (χ3n) is 4.29. The summed E-state index contributed by atoms with van der Waals surface area (Å²) in [6, 6.07) is 2.29. The molecule has 1 heterocycles. The molecule has 0 aliphatic heterocycles. The third kappa shape index (κ3) is 2.08. The number of carbonyl (C=O) groups is 1. The van der Waals surface area contributed by atoms with Crippen LogP contribution < -0.4 is 0 Å². The molecule has 0 bridgehead atoms. The van der Waals surface area contributed by atoms with E-state index in [1.165, 1.54) is 5.56 Å². The first-order valence-electron chi connectivity index (χ1n) is 6.81. The van der Waals surface area contributed by atoms with Gasteiger partial charge < -0.3 is 4.57 Å². The van der Waals surface area contributed by atoms with Crippen LogP contribution in [0.25, 0.3) is 0 Å². The minimum absolute atomic E-state index is 0.204. The van der Waals surface area contributed by atoms with Crippen LogP contribution in [0, 0.1) is 16.7 Å². The Balaban J connectivity index is 1.81. The van der Waals surface area contributed by atoms with Crippen molar-refractivity contribution in [2.45, 2.75) is 51.5 Å². The number of ketones is 1. The minimum Gasteiger partial charge on any atom is -0.353 e. The van der Waals surface area contributed by atoms with Crippen molar-refractivity contribution in [2.75, 3.05) is 0 Å². The van der Waals surface area contributed by atoms with Crippen LogP contribution in [0.3, 0.4) is 0 Å². The Morgan fingerprint density at radius 2 is 2.06 bits per heavy atom. The molecule has 1 saturated carbocycles. The van der Waals surface area contributed by atoms with Crippen LogP contribution in [-0.2, 0) is 13.0 Å². The number of nitrogens with zero attached hydrogens (tertiary/aromatic N) is 2. The van der Waals surface area contributed by atoms with Gasteiger partial charge in [-0.2, -0.15) is 5.26 Å². The van der Waals surface area contributed by atoms with Gasteiger partial charge in [0.25, 0.3) is 0 Å². The van der Waals surface area contributed by atoms with Crippen molar-refractivity contribution >= 4 is 5.78 Å². The number of aryl methyl sites for hydroxylation is 1. The van der Waals surface area contributed by atoms with Crippen LogP contribution in [0.15, 0.2) is 12.4 Å². The van der Waals surface area contributed by atoms with Gasteiger partial charge in [0.15, 0.2) is 5.78 Å². The molecule has 0 amide bonds. The van der Waals surface area contributed by atoms with Crippen LogP contribution in [-0.4, -0.2) is 10.4 Å². The van der Waals surface area contributed by atoms with Crippen molar-refractivity contribution in [1.29, 1.82) is 5.26 Å². The van der Waals surface area contributed by atoms with Gasteiger partial charge in [0.1, 0.15) is 0 Å². The predicted octanol–water partition coefficient (Wildman–Crippen LogP) is 3.09. The van der Waals surface area contributed by atoms with E-state index in [0.717, 1.165) is 44.2 Å².